The Hall–Kier alpha value is -4.22. The predicted octanol–water partition coefficient (Wildman–Crippen LogP) is 7.75. The summed E-state index contributed by atoms with van der Waals surface area (Å²) in [5.41, 5.74) is 7.07. The molecule has 5 aromatic carbocycles. The van der Waals surface area contributed by atoms with Gasteiger partial charge >= 0.3 is 0 Å². The Kier molecular flexibility index (Phi) is 5.56. The van der Waals surface area contributed by atoms with E-state index in [1.165, 1.54) is 27.4 Å². The minimum Gasteiger partial charge on any atom is -0.624 e. The standard InChI is InChI=1S/C33H27N4/c1-3-12-23(13-4-1)31-34-32(24-14-5-2-6-15-24)36-33(35-31)25-16-11-17-26(22-25)37-29-20-9-7-18-27(29)28-19-8-10-21-30(28)37/h1-22,31-33,35-36H/q-1. The van der Waals surface area contributed by atoms with E-state index in [2.05, 4.69) is 137 Å². The van der Waals surface area contributed by atoms with Gasteiger partial charge in [-0.05, 0) is 29.8 Å². The molecule has 0 saturated carbocycles. The van der Waals surface area contributed by atoms with Crippen LogP contribution in [0.3, 0.4) is 0 Å². The van der Waals surface area contributed by atoms with E-state index in [0.29, 0.717) is 0 Å². The molecule has 1 saturated heterocycles. The van der Waals surface area contributed by atoms with Crippen LogP contribution in [0.2, 0.25) is 0 Å². The summed E-state index contributed by atoms with van der Waals surface area (Å²) in [5, 5.41) is 15.2. The van der Waals surface area contributed by atoms with Gasteiger partial charge in [-0.3, -0.25) is 0 Å². The van der Waals surface area contributed by atoms with Gasteiger partial charge in [0.25, 0.3) is 0 Å². The molecule has 37 heavy (non-hydrogen) atoms. The number of aromatic nitrogens is 1. The van der Waals surface area contributed by atoms with Crippen molar-refractivity contribution in [2.24, 2.45) is 0 Å². The maximum atomic E-state index is 5.12. The summed E-state index contributed by atoms with van der Waals surface area (Å²) in [6.45, 7) is 0. The monoisotopic (exact) mass is 479 g/mol. The first kappa shape index (κ1) is 22.0. The number of fused-ring (bicyclic) bond motifs is 3. The van der Waals surface area contributed by atoms with Crippen LogP contribution < -0.4 is 10.6 Å². The molecule has 1 aliphatic rings. The van der Waals surface area contributed by atoms with Gasteiger partial charge in [0.05, 0.1) is 17.2 Å². The van der Waals surface area contributed by atoms with Crippen molar-refractivity contribution in [1.82, 2.24) is 15.2 Å². The molecule has 0 bridgehead atoms. The second-order valence-corrected chi connectivity index (χ2v) is 9.51. The van der Waals surface area contributed by atoms with Gasteiger partial charge in [-0.2, -0.15) is 0 Å². The molecule has 4 heteroatoms. The molecule has 2 atom stereocenters. The normalized spacial score (nSPS) is 19.8. The molecule has 180 valence electrons. The van der Waals surface area contributed by atoms with E-state index in [9.17, 15) is 0 Å². The second kappa shape index (κ2) is 9.34. The maximum absolute atomic E-state index is 5.12. The van der Waals surface area contributed by atoms with Gasteiger partial charge in [-0.25, -0.2) is 0 Å². The van der Waals surface area contributed by atoms with E-state index < -0.39 is 0 Å². The molecule has 0 spiro atoms. The van der Waals surface area contributed by atoms with Crippen LogP contribution in [0.25, 0.3) is 32.8 Å². The molecule has 2 unspecified atom stereocenters. The van der Waals surface area contributed by atoms with Gasteiger partial charge in [-0.15, -0.1) is 0 Å². The lowest BCUT2D eigenvalue weighted by Crippen LogP contribution is -2.44. The van der Waals surface area contributed by atoms with Crippen LogP contribution in [-0.2, 0) is 0 Å². The first-order valence-electron chi connectivity index (χ1n) is 12.8. The zero-order valence-corrected chi connectivity index (χ0v) is 20.3. The summed E-state index contributed by atoms with van der Waals surface area (Å²) >= 11 is 0. The van der Waals surface area contributed by atoms with Gasteiger partial charge in [0.2, 0.25) is 0 Å². The molecule has 4 nitrogen and oxygen atoms in total. The zero-order valence-electron chi connectivity index (χ0n) is 20.3. The highest BCUT2D eigenvalue weighted by Gasteiger charge is 2.22. The Morgan fingerprint density at radius 2 is 0.973 bits per heavy atom. The summed E-state index contributed by atoms with van der Waals surface area (Å²) in [6.07, 6.45) is -0.301. The maximum Gasteiger partial charge on any atom is 0.0815 e. The quantitative estimate of drug-likeness (QED) is 0.271. The average molecular weight is 480 g/mol. The lowest BCUT2D eigenvalue weighted by Gasteiger charge is -2.50. The van der Waals surface area contributed by atoms with E-state index in [0.717, 1.165) is 16.8 Å². The van der Waals surface area contributed by atoms with Crippen LogP contribution in [0.15, 0.2) is 133 Å². The van der Waals surface area contributed by atoms with Crippen LogP contribution in [0.4, 0.5) is 0 Å². The van der Waals surface area contributed by atoms with E-state index >= 15 is 0 Å². The number of benzene rings is 5. The number of nitrogens with one attached hydrogen (secondary N) is 2. The van der Waals surface area contributed by atoms with Gasteiger partial charge in [-0.1, -0.05) is 133 Å². The van der Waals surface area contributed by atoms with Crippen molar-refractivity contribution in [3.63, 3.8) is 0 Å². The molecular formula is C33H27N4-. The topological polar surface area (TPSA) is 43.1 Å². The Morgan fingerprint density at radius 3 is 1.54 bits per heavy atom. The Labute approximate surface area is 216 Å². The van der Waals surface area contributed by atoms with Gasteiger partial charge < -0.3 is 20.5 Å². The Bertz CT molecular complexity index is 1570. The van der Waals surface area contributed by atoms with Crippen LogP contribution in [0, 0.1) is 0 Å². The SMILES string of the molecule is c1ccc(C2[N-]C(c3ccccc3)NC(c3cccc(-n4c5ccccc5c5ccccc54)c3)N2)cc1. The molecule has 1 fully saturated rings. The number of hydrogen-bond acceptors (Lipinski definition) is 2. The van der Waals surface area contributed by atoms with Gasteiger partial charge in [0.1, 0.15) is 0 Å². The van der Waals surface area contributed by atoms with Crippen molar-refractivity contribution >= 4 is 21.8 Å². The van der Waals surface area contributed by atoms with Crippen LogP contribution in [0.1, 0.15) is 35.2 Å². The summed E-state index contributed by atoms with van der Waals surface area (Å²) in [4.78, 5) is 0. The third-order valence-electron chi connectivity index (χ3n) is 7.22. The summed E-state index contributed by atoms with van der Waals surface area (Å²) in [6, 6.07) is 47.0. The Morgan fingerprint density at radius 1 is 0.486 bits per heavy atom. The lowest BCUT2D eigenvalue weighted by atomic mass is 10.0. The van der Waals surface area contributed by atoms with Crippen molar-refractivity contribution in [3.05, 3.63) is 155 Å². The highest BCUT2D eigenvalue weighted by Crippen LogP contribution is 2.38. The molecular weight excluding hydrogens is 452 g/mol. The van der Waals surface area contributed by atoms with Crippen molar-refractivity contribution in [2.45, 2.75) is 18.5 Å². The third kappa shape index (κ3) is 4.02. The molecule has 2 heterocycles. The molecule has 0 radical (unpaired) electrons. The molecule has 7 rings (SSSR count). The molecule has 2 N–H and O–H groups in total. The van der Waals surface area contributed by atoms with Gasteiger partial charge in [0, 0.05) is 16.5 Å². The van der Waals surface area contributed by atoms with E-state index in [1.54, 1.807) is 0 Å². The van der Waals surface area contributed by atoms with Crippen LogP contribution >= 0.6 is 0 Å². The van der Waals surface area contributed by atoms with E-state index in [1.807, 2.05) is 12.1 Å². The zero-order chi connectivity index (χ0) is 24.6. The van der Waals surface area contributed by atoms with Crippen LogP contribution in [-0.4, -0.2) is 4.57 Å². The number of nitrogens with zero attached hydrogens (tertiary/aromatic N) is 2. The molecule has 0 amide bonds. The van der Waals surface area contributed by atoms with Crippen molar-refractivity contribution in [3.8, 4) is 5.69 Å². The summed E-state index contributed by atoms with van der Waals surface area (Å²) in [7, 11) is 0. The second-order valence-electron chi connectivity index (χ2n) is 9.51. The fraction of sp³-hybridized carbons (Fsp3) is 0.0909. The summed E-state index contributed by atoms with van der Waals surface area (Å²) < 4.78 is 2.37. The number of rotatable bonds is 4. The molecule has 1 aliphatic heterocycles. The van der Waals surface area contributed by atoms with Crippen molar-refractivity contribution in [1.29, 1.82) is 0 Å². The molecule has 1 aromatic heterocycles. The fourth-order valence-corrected chi connectivity index (χ4v) is 5.47. The predicted molar refractivity (Wildman–Crippen MR) is 152 cm³/mol. The minimum atomic E-state index is -0.116. The smallest absolute Gasteiger partial charge is 0.0815 e. The van der Waals surface area contributed by atoms with E-state index in [4.69, 9.17) is 5.32 Å². The minimum absolute atomic E-state index is 0.0686. The lowest BCUT2D eigenvalue weighted by molar-refractivity contribution is 0.316. The Balaban J connectivity index is 1.32. The van der Waals surface area contributed by atoms with Crippen molar-refractivity contribution < 1.29 is 0 Å². The highest BCUT2D eigenvalue weighted by molar-refractivity contribution is 6.09. The molecule has 0 aliphatic carbocycles. The average Bonchev–Trinajstić information content (AvgIpc) is 3.32. The van der Waals surface area contributed by atoms with Crippen LogP contribution in [0.5, 0.6) is 0 Å². The fourth-order valence-electron chi connectivity index (χ4n) is 5.47. The number of hydrogen-bond donors (Lipinski definition) is 2. The third-order valence-corrected chi connectivity index (χ3v) is 7.22. The summed E-state index contributed by atoms with van der Waals surface area (Å²) in [5.74, 6) is 0. The first-order valence-corrected chi connectivity index (χ1v) is 12.8. The molecule has 6 aromatic rings. The van der Waals surface area contributed by atoms with Crippen molar-refractivity contribution in [2.75, 3.05) is 0 Å². The highest BCUT2D eigenvalue weighted by atomic mass is 15.4. The number of para-hydroxylation sites is 2. The van der Waals surface area contributed by atoms with E-state index in [-0.39, 0.29) is 18.5 Å². The largest absolute Gasteiger partial charge is 0.624 e. The van der Waals surface area contributed by atoms with Gasteiger partial charge in [0.15, 0.2) is 0 Å². The first-order chi connectivity index (χ1) is 18.3.